The third-order valence-corrected chi connectivity index (χ3v) is 19.9. The molecule has 12 unspecified atom stereocenters. The van der Waals surface area contributed by atoms with Crippen molar-refractivity contribution >= 4 is 5.91 Å². The molecule has 12 atom stereocenters. The second-order valence-corrected chi connectivity index (χ2v) is 28.9. The van der Waals surface area contributed by atoms with E-state index in [9.17, 15) is 45.6 Å². The molecule has 0 aromatic carbocycles. The minimum absolute atomic E-state index is 0.247. The van der Waals surface area contributed by atoms with Crippen LogP contribution in [0.25, 0.3) is 0 Å². The van der Waals surface area contributed by atoms with E-state index in [-0.39, 0.29) is 18.9 Å². The van der Waals surface area contributed by atoms with Crippen molar-refractivity contribution in [3.8, 4) is 0 Å². The molecule has 2 rings (SSSR count). The van der Waals surface area contributed by atoms with Crippen LogP contribution in [-0.2, 0) is 23.7 Å². The number of carbonyl (C=O) groups is 1. The van der Waals surface area contributed by atoms with Gasteiger partial charge in [-0.1, -0.05) is 344 Å². The fraction of sp³-hybridized carbons (Fsp3) is 0.867. The number of hydrogen-bond acceptors (Lipinski definition) is 13. The van der Waals surface area contributed by atoms with Crippen LogP contribution in [0.1, 0.15) is 367 Å². The summed E-state index contributed by atoms with van der Waals surface area (Å²) in [4.78, 5) is 13.4. The lowest BCUT2D eigenvalue weighted by molar-refractivity contribution is -0.359. The number of rotatable bonds is 69. The molecular formula is C83H153NO13. The van der Waals surface area contributed by atoms with Crippen LogP contribution in [0.2, 0.25) is 0 Å². The first-order chi connectivity index (χ1) is 47.6. The maximum atomic E-state index is 13.4. The fourth-order valence-electron chi connectivity index (χ4n) is 13.4. The zero-order chi connectivity index (χ0) is 70.1. The molecule has 2 heterocycles. The van der Waals surface area contributed by atoms with Gasteiger partial charge in [0.25, 0.3) is 0 Å². The Bertz CT molecular complexity index is 1860. The molecule has 0 aromatic heterocycles. The Hall–Kier alpha value is -2.31. The minimum Gasteiger partial charge on any atom is -0.394 e. The van der Waals surface area contributed by atoms with Crippen LogP contribution in [-0.4, -0.2) is 140 Å². The van der Waals surface area contributed by atoms with Crippen LogP contribution in [0.4, 0.5) is 0 Å². The monoisotopic (exact) mass is 1370 g/mol. The number of allylic oxidation sites excluding steroid dienone is 9. The van der Waals surface area contributed by atoms with Crippen molar-refractivity contribution in [2.24, 2.45) is 0 Å². The zero-order valence-electron chi connectivity index (χ0n) is 62.3. The highest BCUT2D eigenvalue weighted by molar-refractivity contribution is 5.76. The maximum absolute atomic E-state index is 13.4. The molecule has 0 spiro atoms. The van der Waals surface area contributed by atoms with Crippen LogP contribution in [0.3, 0.4) is 0 Å². The largest absolute Gasteiger partial charge is 0.394 e. The second-order valence-electron chi connectivity index (χ2n) is 28.9. The molecule has 1 amide bonds. The van der Waals surface area contributed by atoms with Gasteiger partial charge in [-0.2, -0.15) is 0 Å². The smallest absolute Gasteiger partial charge is 0.220 e. The van der Waals surface area contributed by atoms with Gasteiger partial charge in [0.1, 0.15) is 48.8 Å². The highest BCUT2D eigenvalue weighted by atomic mass is 16.7. The summed E-state index contributed by atoms with van der Waals surface area (Å²) < 4.78 is 22.9. The lowest BCUT2D eigenvalue weighted by Gasteiger charge is -2.46. The van der Waals surface area contributed by atoms with Gasteiger partial charge in [-0.3, -0.25) is 4.79 Å². The molecule has 568 valence electrons. The molecule has 0 radical (unpaired) electrons. The first kappa shape index (κ1) is 90.8. The standard InChI is InChI=1S/C83H153NO13/c1-3-5-7-9-11-13-15-17-19-21-23-25-27-29-31-32-33-34-35-36-37-38-39-40-41-43-45-47-49-51-53-55-57-59-61-63-65-67-75(88)84-71(70-94-82-80(93)78(91)81(74(69-86)96-82)97-83-79(92)77(90)76(89)73(68-85)95-83)72(87)66-64-62-60-58-56-54-52-50-48-46-44-42-30-28-26-24-22-20-18-16-14-12-10-8-6-4-2/h15,17,21,23,48,50,56,58,64,66,71-74,76-83,85-87,89-93H,3-14,16,18-20,22,24-47,49,51-55,57,59-63,65,67-70H2,1-2H3,(H,84,88)/b17-15-,23-21-,50-48+,58-56+,66-64+. The van der Waals surface area contributed by atoms with E-state index in [4.69, 9.17) is 18.9 Å². The van der Waals surface area contributed by atoms with E-state index in [1.165, 1.54) is 283 Å². The fourth-order valence-corrected chi connectivity index (χ4v) is 13.4. The first-order valence-electron chi connectivity index (χ1n) is 41.0. The molecule has 0 aromatic rings. The van der Waals surface area contributed by atoms with E-state index < -0.39 is 86.8 Å². The maximum Gasteiger partial charge on any atom is 0.220 e. The third-order valence-electron chi connectivity index (χ3n) is 19.9. The van der Waals surface area contributed by atoms with E-state index in [0.29, 0.717) is 12.8 Å². The molecule has 9 N–H and O–H groups in total. The summed E-state index contributed by atoms with van der Waals surface area (Å²) in [6.45, 7) is 2.82. The Balaban J connectivity index is 1.61. The number of hydrogen-bond donors (Lipinski definition) is 9. The van der Waals surface area contributed by atoms with Gasteiger partial charge in [0.05, 0.1) is 32.0 Å². The SMILES string of the molecule is CCCCCCC/C=C\C/C=C\CCCCCCCCCCCCCCCCCCCCCCCCCCCC(=O)NC(COC1OC(CO)C(OC2OC(CO)C(O)C(O)C2O)C(O)C1O)C(O)/C=C/CC/C=C/CC/C=C/CCCCCCCCCCCCCCCCCC. The van der Waals surface area contributed by atoms with Crippen molar-refractivity contribution in [1.82, 2.24) is 5.32 Å². The highest BCUT2D eigenvalue weighted by Gasteiger charge is 2.51. The summed E-state index contributed by atoms with van der Waals surface area (Å²) in [6.07, 6.45) is 74.6. The lowest BCUT2D eigenvalue weighted by atomic mass is 9.97. The van der Waals surface area contributed by atoms with Crippen LogP contribution < -0.4 is 5.32 Å². The number of unbranched alkanes of at least 4 members (excludes halogenated alkanes) is 48. The van der Waals surface area contributed by atoms with Gasteiger partial charge in [-0.25, -0.2) is 0 Å². The first-order valence-corrected chi connectivity index (χ1v) is 41.0. The average molecular weight is 1370 g/mol. The Labute approximate surface area is 594 Å². The predicted octanol–water partition coefficient (Wildman–Crippen LogP) is 18.7. The Kier molecular flexibility index (Phi) is 62.6. The molecule has 0 aliphatic carbocycles. The van der Waals surface area contributed by atoms with Crippen LogP contribution in [0.15, 0.2) is 60.8 Å². The van der Waals surface area contributed by atoms with Gasteiger partial charge in [0.2, 0.25) is 5.91 Å². The van der Waals surface area contributed by atoms with Gasteiger partial charge in [0, 0.05) is 6.42 Å². The second kappa shape index (κ2) is 66.9. The van der Waals surface area contributed by atoms with Gasteiger partial charge in [0.15, 0.2) is 12.6 Å². The molecule has 0 bridgehead atoms. The Morgan fingerprint density at radius 2 is 0.691 bits per heavy atom. The Morgan fingerprint density at radius 3 is 1.07 bits per heavy atom. The van der Waals surface area contributed by atoms with Gasteiger partial charge in [-0.15, -0.1) is 0 Å². The zero-order valence-corrected chi connectivity index (χ0v) is 62.3. The minimum atomic E-state index is -1.79. The molecular weight excluding hydrogens is 1220 g/mol. The molecule has 0 saturated carbocycles. The van der Waals surface area contributed by atoms with Crippen LogP contribution in [0, 0.1) is 0 Å². The normalized spacial score (nSPS) is 22.4. The van der Waals surface area contributed by atoms with Crippen molar-refractivity contribution in [3.63, 3.8) is 0 Å². The molecule has 2 aliphatic heterocycles. The average Bonchev–Trinajstić information content (AvgIpc) is 0.794. The number of nitrogens with one attached hydrogen (secondary N) is 1. The summed E-state index contributed by atoms with van der Waals surface area (Å²) in [5.41, 5.74) is 0. The van der Waals surface area contributed by atoms with Crippen molar-refractivity contribution in [1.29, 1.82) is 0 Å². The van der Waals surface area contributed by atoms with E-state index in [1.54, 1.807) is 6.08 Å². The Morgan fingerprint density at radius 1 is 0.371 bits per heavy atom. The van der Waals surface area contributed by atoms with Crippen LogP contribution >= 0.6 is 0 Å². The number of carbonyl (C=O) groups excluding carboxylic acids is 1. The van der Waals surface area contributed by atoms with Crippen LogP contribution in [0.5, 0.6) is 0 Å². The van der Waals surface area contributed by atoms with Gasteiger partial charge >= 0.3 is 0 Å². The topological polar surface area (TPSA) is 228 Å². The number of aliphatic hydroxyl groups is 8. The van der Waals surface area contributed by atoms with E-state index in [2.05, 4.69) is 67.8 Å². The van der Waals surface area contributed by atoms with E-state index in [1.807, 2.05) is 6.08 Å². The summed E-state index contributed by atoms with van der Waals surface area (Å²) in [5, 5.41) is 87.6. The third kappa shape index (κ3) is 49.9. The lowest BCUT2D eigenvalue weighted by Crippen LogP contribution is -2.65. The summed E-state index contributed by atoms with van der Waals surface area (Å²) in [7, 11) is 0. The summed E-state index contributed by atoms with van der Waals surface area (Å²) in [5.74, 6) is -0.247. The molecule has 2 fully saturated rings. The van der Waals surface area contributed by atoms with Crippen molar-refractivity contribution in [2.75, 3.05) is 19.8 Å². The molecule has 14 heteroatoms. The van der Waals surface area contributed by atoms with Crippen molar-refractivity contribution in [2.45, 2.75) is 441 Å². The summed E-state index contributed by atoms with van der Waals surface area (Å²) in [6, 6.07) is -0.940. The number of amides is 1. The molecule has 14 nitrogen and oxygen atoms in total. The number of aliphatic hydroxyl groups excluding tert-OH is 8. The van der Waals surface area contributed by atoms with Gasteiger partial charge in [-0.05, 0) is 77.0 Å². The quantitative estimate of drug-likeness (QED) is 0.0204. The number of ether oxygens (including phenoxy) is 4. The van der Waals surface area contributed by atoms with Gasteiger partial charge < -0.3 is 65.1 Å². The molecule has 97 heavy (non-hydrogen) atoms. The summed E-state index contributed by atoms with van der Waals surface area (Å²) >= 11 is 0. The highest BCUT2D eigenvalue weighted by Crippen LogP contribution is 2.30. The van der Waals surface area contributed by atoms with E-state index in [0.717, 1.165) is 51.4 Å². The van der Waals surface area contributed by atoms with E-state index >= 15 is 0 Å². The predicted molar refractivity (Wildman–Crippen MR) is 401 cm³/mol. The van der Waals surface area contributed by atoms with Crippen molar-refractivity contribution in [3.05, 3.63) is 60.8 Å². The molecule has 2 aliphatic rings. The van der Waals surface area contributed by atoms with Crippen molar-refractivity contribution < 1.29 is 64.6 Å². The molecule has 2 saturated heterocycles.